The van der Waals surface area contributed by atoms with Crippen LogP contribution in [0.15, 0.2) is 4.42 Å². The third-order valence-corrected chi connectivity index (χ3v) is 4.24. The summed E-state index contributed by atoms with van der Waals surface area (Å²) in [4.78, 5) is 17.5. The first-order chi connectivity index (χ1) is 8.61. The van der Waals surface area contributed by atoms with Crippen molar-refractivity contribution in [2.45, 2.75) is 26.7 Å². The number of thiazole rings is 1. The highest BCUT2D eigenvalue weighted by Gasteiger charge is 2.29. The standard InChI is InChI=1S/C13H13NO3S/c1-6-10-8(17-12(6)13(15)16-3)4-5-9-11(10)14-7(2)18-9/h4-5H2,1-3H3. The Bertz CT molecular complexity index is 639. The minimum Gasteiger partial charge on any atom is -0.463 e. The van der Waals surface area contributed by atoms with Gasteiger partial charge in [-0.15, -0.1) is 11.3 Å². The second-order valence-corrected chi connectivity index (χ2v) is 5.64. The van der Waals surface area contributed by atoms with Crippen LogP contribution in [0.4, 0.5) is 0 Å². The second-order valence-electron chi connectivity index (χ2n) is 4.35. The topological polar surface area (TPSA) is 52.3 Å². The predicted octanol–water partition coefficient (Wildman–Crippen LogP) is 2.91. The summed E-state index contributed by atoms with van der Waals surface area (Å²) in [5.74, 6) is 0.738. The van der Waals surface area contributed by atoms with Gasteiger partial charge in [-0.05, 0) is 20.3 Å². The molecule has 18 heavy (non-hydrogen) atoms. The summed E-state index contributed by atoms with van der Waals surface area (Å²) in [6.45, 7) is 3.89. The molecular weight excluding hydrogens is 250 g/mol. The molecule has 0 aromatic carbocycles. The molecule has 0 saturated carbocycles. The lowest BCUT2D eigenvalue weighted by Crippen LogP contribution is -2.01. The van der Waals surface area contributed by atoms with Crippen molar-refractivity contribution in [2.75, 3.05) is 7.11 Å². The number of rotatable bonds is 1. The van der Waals surface area contributed by atoms with Crippen molar-refractivity contribution in [3.63, 3.8) is 0 Å². The monoisotopic (exact) mass is 263 g/mol. The van der Waals surface area contributed by atoms with E-state index in [0.29, 0.717) is 5.76 Å². The van der Waals surface area contributed by atoms with Gasteiger partial charge in [0.2, 0.25) is 5.76 Å². The van der Waals surface area contributed by atoms with Crippen LogP contribution in [0.1, 0.15) is 31.8 Å². The molecule has 1 aliphatic rings. The Hall–Kier alpha value is -1.62. The van der Waals surface area contributed by atoms with E-state index >= 15 is 0 Å². The van der Waals surface area contributed by atoms with Crippen molar-refractivity contribution in [3.8, 4) is 11.3 Å². The quantitative estimate of drug-likeness (QED) is 0.742. The number of hydrogen-bond donors (Lipinski definition) is 0. The van der Waals surface area contributed by atoms with Crippen LogP contribution in [-0.2, 0) is 17.6 Å². The van der Waals surface area contributed by atoms with Crippen LogP contribution in [0.25, 0.3) is 11.3 Å². The fraction of sp³-hybridized carbons (Fsp3) is 0.385. The van der Waals surface area contributed by atoms with Crippen molar-refractivity contribution in [1.82, 2.24) is 4.98 Å². The van der Waals surface area contributed by atoms with Crippen molar-refractivity contribution >= 4 is 17.3 Å². The van der Waals surface area contributed by atoms with Crippen LogP contribution in [-0.4, -0.2) is 18.1 Å². The van der Waals surface area contributed by atoms with Crippen molar-refractivity contribution in [2.24, 2.45) is 0 Å². The zero-order valence-electron chi connectivity index (χ0n) is 10.5. The summed E-state index contributed by atoms with van der Waals surface area (Å²) in [5, 5.41) is 1.05. The lowest BCUT2D eigenvalue weighted by molar-refractivity contribution is 0.0562. The number of aryl methyl sites for hydroxylation is 3. The molecule has 0 saturated heterocycles. The Balaban J connectivity index is 2.21. The first kappa shape index (κ1) is 11.5. The number of fused-ring (bicyclic) bond motifs is 3. The van der Waals surface area contributed by atoms with Gasteiger partial charge in [0.15, 0.2) is 0 Å². The molecule has 0 radical (unpaired) electrons. The molecule has 0 N–H and O–H groups in total. The third kappa shape index (κ3) is 1.50. The van der Waals surface area contributed by atoms with Crippen LogP contribution < -0.4 is 0 Å². The molecular formula is C13H13NO3S. The van der Waals surface area contributed by atoms with E-state index in [2.05, 4.69) is 4.98 Å². The third-order valence-electron chi connectivity index (χ3n) is 3.21. The first-order valence-corrected chi connectivity index (χ1v) is 6.60. The Morgan fingerprint density at radius 3 is 2.89 bits per heavy atom. The van der Waals surface area contributed by atoms with Gasteiger partial charge in [-0.2, -0.15) is 0 Å². The lowest BCUT2D eigenvalue weighted by Gasteiger charge is -2.09. The van der Waals surface area contributed by atoms with E-state index in [1.165, 1.54) is 12.0 Å². The predicted molar refractivity (Wildman–Crippen MR) is 68.0 cm³/mol. The summed E-state index contributed by atoms with van der Waals surface area (Å²) >= 11 is 1.72. The zero-order chi connectivity index (χ0) is 12.9. The summed E-state index contributed by atoms with van der Waals surface area (Å²) in [7, 11) is 1.36. The van der Waals surface area contributed by atoms with Gasteiger partial charge in [-0.3, -0.25) is 0 Å². The molecule has 0 fully saturated rings. The number of esters is 1. The highest BCUT2D eigenvalue weighted by molar-refractivity contribution is 7.12. The number of hydrogen-bond acceptors (Lipinski definition) is 5. The Morgan fingerprint density at radius 1 is 1.39 bits per heavy atom. The number of furan rings is 1. The van der Waals surface area contributed by atoms with E-state index in [1.54, 1.807) is 11.3 Å². The molecule has 5 heteroatoms. The molecule has 0 aliphatic heterocycles. The van der Waals surface area contributed by atoms with Gasteiger partial charge in [0.25, 0.3) is 0 Å². The molecule has 2 heterocycles. The highest BCUT2D eigenvalue weighted by Crippen LogP contribution is 2.40. The van der Waals surface area contributed by atoms with Gasteiger partial charge in [0.1, 0.15) is 5.76 Å². The van der Waals surface area contributed by atoms with Gasteiger partial charge in [-0.25, -0.2) is 9.78 Å². The second kappa shape index (κ2) is 3.95. The van der Waals surface area contributed by atoms with Gasteiger partial charge in [0.05, 0.1) is 17.8 Å². The van der Waals surface area contributed by atoms with Crippen LogP contribution >= 0.6 is 11.3 Å². The molecule has 3 rings (SSSR count). The lowest BCUT2D eigenvalue weighted by atomic mass is 9.97. The average Bonchev–Trinajstić information content (AvgIpc) is 2.88. The van der Waals surface area contributed by atoms with Crippen LogP contribution in [0.2, 0.25) is 0 Å². The molecule has 0 atom stereocenters. The van der Waals surface area contributed by atoms with E-state index in [9.17, 15) is 4.79 Å². The highest BCUT2D eigenvalue weighted by atomic mass is 32.1. The zero-order valence-corrected chi connectivity index (χ0v) is 11.3. The molecule has 94 valence electrons. The maximum absolute atomic E-state index is 11.6. The van der Waals surface area contributed by atoms with Crippen molar-refractivity contribution in [1.29, 1.82) is 0 Å². The fourth-order valence-corrected chi connectivity index (χ4v) is 3.35. The number of ether oxygens (including phenoxy) is 1. The minimum atomic E-state index is -0.421. The Morgan fingerprint density at radius 2 is 2.17 bits per heavy atom. The smallest absolute Gasteiger partial charge is 0.374 e. The number of methoxy groups -OCH3 is 1. The van der Waals surface area contributed by atoms with E-state index < -0.39 is 5.97 Å². The molecule has 0 amide bonds. The van der Waals surface area contributed by atoms with Gasteiger partial charge in [-0.1, -0.05) is 0 Å². The van der Waals surface area contributed by atoms with E-state index in [4.69, 9.17) is 9.15 Å². The number of carbonyl (C=O) groups is 1. The minimum absolute atomic E-state index is 0.306. The van der Waals surface area contributed by atoms with E-state index in [1.807, 2.05) is 13.8 Å². The van der Waals surface area contributed by atoms with E-state index in [0.717, 1.165) is 40.4 Å². The van der Waals surface area contributed by atoms with Gasteiger partial charge < -0.3 is 9.15 Å². The van der Waals surface area contributed by atoms with Gasteiger partial charge >= 0.3 is 5.97 Å². The SMILES string of the molecule is COC(=O)c1oc2c(c1C)-c1nc(C)sc1CC2. The summed E-state index contributed by atoms with van der Waals surface area (Å²) < 4.78 is 10.4. The van der Waals surface area contributed by atoms with Crippen LogP contribution in [0.5, 0.6) is 0 Å². The fourth-order valence-electron chi connectivity index (χ4n) is 2.41. The largest absolute Gasteiger partial charge is 0.463 e. The van der Waals surface area contributed by atoms with Crippen LogP contribution in [0, 0.1) is 13.8 Å². The average molecular weight is 263 g/mol. The first-order valence-electron chi connectivity index (χ1n) is 5.79. The van der Waals surface area contributed by atoms with Crippen molar-refractivity contribution < 1.29 is 13.9 Å². The van der Waals surface area contributed by atoms with Gasteiger partial charge in [0, 0.05) is 22.4 Å². The molecule has 0 spiro atoms. The summed E-state index contributed by atoms with van der Waals surface area (Å²) in [6, 6.07) is 0. The van der Waals surface area contributed by atoms with E-state index in [-0.39, 0.29) is 0 Å². The summed E-state index contributed by atoms with van der Waals surface area (Å²) in [6.07, 6.45) is 1.75. The molecule has 4 nitrogen and oxygen atoms in total. The summed E-state index contributed by atoms with van der Waals surface area (Å²) in [5.41, 5.74) is 2.80. The maximum Gasteiger partial charge on any atom is 0.374 e. The molecule has 2 aromatic heterocycles. The molecule has 2 aromatic rings. The maximum atomic E-state index is 11.6. The number of carbonyl (C=O) groups excluding carboxylic acids is 1. The Labute approximate surface area is 109 Å². The Kier molecular flexibility index (Phi) is 2.52. The van der Waals surface area contributed by atoms with Crippen LogP contribution in [0.3, 0.4) is 0 Å². The number of aromatic nitrogens is 1. The molecule has 0 unspecified atom stereocenters. The molecule has 1 aliphatic carbocycles. The number of nitrogens with zero attached hydrogens (tertiary/aromatic N) is 1. The van der Waals surface area contributed by atoms with Crippen molar-refractivity contribution in [3.05, 3.63) is 27.0 Å². The molecule has 0 bridgehead atoms. The normalized spacial score (nSPS) is 13.1.